The van der Waals surface area contributed by atoms with Crippen LogP contribution in [0.4, 0.5) is 0 Å². The van der Waals surface area contributed by atoms with Gasteiger partial charge in [-0.2, -0.15) is 0 Å². The number of carboxylic acid groups (broad SMARTS) is 1. The molecule has 0 saturated carbocycles. The Kier molecular flexibility index (Phi) is 6.44. The Morgan fingerprint density at radius 3 is 2.44 bits per heavy atom. The van der Waals surface area contributed by atoms with Crippen LogP contribution in [0.5, 0.6) is 0 Å². The summed E-state index contributed by atoms with van der Waals surface area (Å²) in [6, 6.07) is 9.94. The van der Waals surface area contributed by atoms with Crippen LogP contribution in [0.2, 0.25) is 0 Å². The first kappa shape index (κ1) is 14.7. The monoisotopic (exact) mass is 249 g/mol. The normalized spacial score (nSPS) is 12.6. The molecular weight excluding hydrogens is 226 g/mol. The molecule has 1 rings (SSSR count). The maximum Gasteiger partial charge on any atom is 0.320 e. The highest BCUT2D eigenvalue weighted by Gasteiger charge is 2.19. The molecule has 0 spiro atoms. The first-order valence-electron chi connectivity index (χ1n) is 6.61. The maximum atomic E-state index is 11.0. The molecule has 0 fully saturated rings. The van der Waals surface area contributed by atoms with E-state index in [9.17, 15) is 4.79 Å². The molecule has 0 aliphatic rings. The summed E-state index contributed by atoms with van der Waals surface area (Å²) in [6.07, 6.45) is 3.15. The fraction of sp³-hybridized carbons (Fsp3) is 0.533. The van der Waals surface area contributed by atoms with E-state index >= 15 is 0 Å². The van der Waals surface area contributed by atoms with Crippen molar-refractivity contribution in [3.63, 3.8) is 0 Å². The van der Waals surface area contributed by atoms with Crippen molar-refractivity contribution in [2.45, 2.75) is 39.2 Å². The zero-order valence-corrected chi connectivity index (χ0v) is 11.2. The highest BCUT2D eigenvalue weighted by molar-refractivity contribution is 5.73. The van der Waals surface area contributed by atoms with E-state index < -0.39 is 12.0 Å². The Morgan fingerprint density at radius 1 is 1.22 bits per heavy atom. The van der Waals surface area contributed by atoms with Crippen LogP contribution in [-0.4, -0.2) is 23.7 Å². The Hall–Kier alpha value is -1.35. The van der Waals surface area contributed by atoms with E-state index in [0.29, 0.717) is 0 Å². The number of unbranched alkanes of at least 4 members (excludes halogenated alkanes) is 1. The Labute approximate surface area is 109 Å². The van der Waals surface area contributed by atoms with E-state index in [1.54, 1.807) is 0 Å². The van der Waals surface area contributed by atoms with Crippen LogP contribution in [0.3, 0.4) is 0 Å². The zero-order valence-electron chi connectivity index (χ0n) is 11.2. The summed E-state index contributed by atoms with van der Waals surface area (Å²) in [5.74, 6) is -0.635. The van der Waals surface area contributed by atoms with Gasteiger partial charge in [0.2, 0.25) is 0 Å². The van der Waals surface area contributed by atoms with Gasteiger partial charge in [-0.1, -0.05) is 44.2 Å². The van der Waals surface area contributed by atoms with Gasteiger partial charge in [-0.15, -0.1) is 0 Å². The lowest BCUT2D eigenvalue weighted by molar-refractivity contribution is -0.140. The van der Waals surface area contributed by atoms with Gasteiger partial charge in [0.1, 0.15) is 6.04 Å². The molecule has 2 N–H and O–H groups in total. The van der Waals surface area contributed by atoms with Gasteiger partial charge in [-0.3, -0.25) is 4.79 Å². The number of hydrogen-bond donors (Lipinski definition) is 2. The Morgan fingerprint density at radius 2 is 1.89 bits per heavy atom. The van der Waals surface area contributed by atoms with Crippen molar-refractivity contribution in [2.75, 3.05) is 6.54 Å². The minimum Gasteiger partial charge on any atom is -0.480 e. The molecule has 0 aromatic heterocycles. The van der Waals surface area contributed by atoms with E-state index in [2.05, 4.69) is 17.4 Å². The number of aliphatic carboxylic acids is 1. The van der Waals surface area contributed by atoms with Gasteiger partial charge < -0.3 is 10.4 Å². The van der Waals surface area contributed by atoms with E-state index in [0.717, 1.165) is 25.8 Å². The van der Waals surface area contributed by atoms with Gasteiger partial charge >= 0.3 is 5.97 Å². The predicted molar refractivity (Wildman–Crippen MR) is 73.6 cm³/mol. The van der Waals surface area contributed by atoms with Crippen molar-refractivity contribution in [3.05, 3.63) is 35.9 Å². The first-order chi connectivity index (χ1) is 8.61. The Balaban J connectivity index is 2.17. The molecule has 1 aromatic rings. The lowest BCUT2D eigenvalue weighted by Gasteiger charge is -2.17. The van der Waals surface area contributed by atoms with Gasteiger partial charge in [-0.05, 0) is 37.3 Å². The lowest BCUT2D eigenvalue weighted by Crippen LogP contribution is -2.41. The average Bonchev–Trinajstić information content (AvgIpc) is 2.34. The van der Waals surface area contributed by atoms with Crippen molar-refractivity contribution in [1.29, 1.82) is 0 Å². The fourth-order valence-electron chi connectivity index (χ4n) is 1.96. The Bertz CT molecular complexity index is 349. The minimum atomic E-state index is -0.756. The molecule has 100 valence electrons. The van der Waals surface area contributed by atoms with Crippen molar-refractivity contribution >= 4 is 5.97 Å². The average molecular weight is 249 g/mol. The van der Waals surface area contributed by atoms with Gasteiger partial charge in [0.25, 0.3) is 0 Å². The third-order valence-electron chi connectivity index (χ3n) is 3.03. The topological polar surface area (TPSA) is 49.3 Å². The van der Waals surface area contributed by atoms with Crippen molar-refractivity contribution < 1.29 is 9.90 Å². The minimum absolute atomic E-state index is 0.122. The van der Waals surface area contributed by atoms with Crippen molar-refractivity contribution in [3.8, 4) is 0 Å². The second-order valence-electron chi connectivity index (χ2n) is 4.96. The molecule has 0 amide bonds. The largest absolute Gasteiger partial charge is 0.480 e. The molecule has 0 bridgehead atoms. The van der Waals surface area contributed by atoms with E-state index in [-0.39, 0.29) is 5.92 Å². The predicted octanol–water partition coefficient (Wildman–Crippen LogP) is 2.71. The number of benzene rings is 1. The molecule has 0 heterocycles. The van der Waals surface area contributed by atoms with Crippen LogP contribution in [0.1, 0.15) is 32.3 Å². The standard InChI is InChI=1S/C15H23NO2/c1-12(2)14(15(17)18)16-11-7-6-10-13-8-4-3-5-9-13/h3-5,8-9,12,14,16H,6-7,10-11H2,1-2H3,(H,17,18). The molecule has 0 aliphatic carbocycles. The molecular formula is C15H23NO2. The molecule has 3 heteroatoms. The van der Waals surface area contributed by atoms with Crippen LogP contribution in [0.15, 0.2) is 30.3 Å². The molecule has 3 nitrogen and oxygen atoms in total. The second kappa shape index (κ2) is 7.88. The number of hydrogen-bond acceptors (Lipinski definition) is 2. The zero-order chi connectivity index (χ0) is 13.4. The molecule has 1 aromatic carbocycles. The van der Waals surface area contributed by atoms with Crippen LogP contribution in [0, 0.1) is 5.92 Å². The molecule has 0 saturated heterocycles. The van der Waals surface area contributed by atoms with Crippen LogP contribution in [0.25, 0.3) is 0 Å². The maximum absolute atomic E-state index is 11.0. The van der Waals surface area contributed by atoms with Gasteiger partial charge in [0.15, 0.2) is 0 Å². The summed E-state index contributed by atoms with van der Waals surface area (Å²) in [5, 5.41) is 12.1. The number of carboxylic acids is 1. The summed E-state index contributed by atoms with van der Waals surface area (Å²) >= 11 is 0. The smallest absolute Gasteiger partial charge is 0.320 e. The third kappa shape index (κ3) is 5.32. The molecule has 18 heavy (non-hydrogen) atoms. The summed E-state index contributed by atoms with van der Waals surface area (Å²) in [4.78, 5) is 11.0. The molecule has 1 unspecified atom stereocenters. The second-order valence-corrected chi connectivity index (χ2v) is 4.96. The SMILES string of the molecule is CC(C)C(NCCCCc1ccccc1)C(=O)O. The highest BCUT2D eigenvalue weighted by atomic mass is 16.4. The number of nitrogens with one attached hydrogen (secondary N) is 1. The fourth-order valence-corrected chi connectivity index (χ4v) is 1.96. The summed E-state index contributed by atoms with van der Waals surface area (Å²) in [5.41, 5.74) is 1.34. The van der Waals surface area contributed by atoms with Crippen LogP contribution >= 0.6 is 0 Å². The van der Waals surface area contributed by atoms with Gasteiger partial charge in [-0.25, -0.2) is 0 Å². The summed E-state index contributed by atoms with van der Waals surface area (Å²) in [6.45, 7) is 4.62. The molecule has 0 aliphatic heterocycles. The van der Waals surface area contributed by atoms with Crippen molar-refractivity contribution in [2.24, 2.45) is 5.92 Å². The summed E-state index contributed by atoms with van der Waals surface area (Å²) < 4.78 is 0. The highest BCUT2D eigenvalue weighted by Crippen LogP contribution is 2.05. The quantitative estimate of drug-likeness (QED) is 0.696. The van der Waals surface area contributed by atoms with Gasteiger partial charge in [0, 0.05) is 0 Å². The lowest BCUT2D eigenvalue weighted by atomic mass is 10.0. The molecule has 0 radical (unpaired) electrons. The van der Waals surface area contributed by atoms with Crippen LogP contribution < -0.4 is 5.32 Å². The number of rotatable bonds is 8. The van der Waals surface area contributed by atoms with Crippen LogP contribution in [-0.2, 0) is 11.2 Å². The van der Waals surface area contributed by atoms with Crippen molar-refractivity contribution in [1.82, 2.24) is 5.32 Å². The van der Waals surface area contributed by atoms with E-state index in [1.807, 2.05) is 32.0 Å². The summed E-state index contributed by atoms with van der Waals surface area (Å²) in [7, 11) is 0. The first-order valence-corrected chi connectivity index (χ1v) is 6.61. The molecule has 1 atom stereocenters. The number of aryl methyl sites for hydroxylation is 1. The number of carbonyl (C=O) groups is 1. The van der Waals surface area contributed by atoms with Gasteiger partial charge in [0.05, 0.1) is 0 Å². The van der Waals surface area contributed by atoms with E-state index in [4.69, 9.17) is 5.11 Å². The van der Waals surface area contributed by atoms with E-state index in [1.165, 1.54) is 5.56 Å². The third-order valence-corrected chi connectivity index (χ3v) is 3.03.